The monoisotopic (exact) mass is 544 g/mol. The van der Waals surface area contributed by atoms with Gasteiger partial charge in [-0.2, -0.15) is 0 Å². The van der Waals surface area contributed by atoms with Crippen molar-refractivity contribution in [1.82, 2.24) is 4.90 Å². The van der Waals surface area contributed by atoms with Crippen LogP contribution in [0.1, 0.15) is 41.5 Å². The molecule has 2 heterocycles. The number of benzene rings is 3. The molecule has 1 saturated heterocycles. The summed E-state index contributed by atoms with van der Waals surface area (Å²) in [4.78, 5) is 2.50. The van der Waals surface area contributed by atoms with Crippen molar-refractivity contribution in [1.29, 1.82) is 0 Å². The van der Waals surface area contributed by atoms with Gasteiger partial charge in [0.05, 0.1) is 0 Å². The van der Waals surface area contributed by atoms with Gasteiger partial charge in [0.25, 0.3) is 0 Å². The van der Waals surface area contributed by atoms with Crippen molar-refractivity contribution < 1.29 is 47.3 Å². The summed E-state index contributed by atoms with van der Waals surface area (Å²) in [7, 11) is 0. The number of phenolic OH excluding ortho intramolecular Hbond substituents is 1. The van der Waals surface area contributed by atoms with Gasteiger partial charge in [-0.15, -0.1) is 0 Å². The maximum absolute atomic E-state index is 9.95. The molecule has 4 nitrogen and oxygen atoms in total. The summed E-state index contributed by atoms with van der Waals surface area (Å²) in [5, 5.41) is 9.95. The predicted molar refractivity (Wildman–Crippen MR) is 138 cm³/mol. The van der Waals surface area contributed by atoms with Gasteiger partial charge in [-0.25, -0.2) is 0 Å². The number of ether oxygens (including phenoxy) is 2. The molecule has 3 aromatic carbocycles. The Morgan fingerprint density at radius 3 is 2.40 bits per heavy atom. The minimum absolute atomic E-state index is 0. The molecule has 5 rings (SSSR count). The largest absolute Gasteiger partial charge is 0.508 e. The van der Waals surface area contributed by atoms with E-state index in [9.17, 15) is 5.11 Å². The molecule has 3 aromatic rings. The Balaban J connectivity index is 0.00000289. The average molecular weight is 545 g/mol. The molecule has 2 aliphatic rings. The van der Waals surface area contributed by atoms with Crippen LogP contribution in [-0.4, -0.2) is 42.9 Å². The van der Waals surface area contributed by atoms with Crippen molar-refractivity contribution in [2.24, 2.45) is 0 Å². The third kappa shape index (κ3) is 6.55. The van der Waals surface area contributed by atoms with Crippen molar-refractivity contribution in [3.05, 3.63) is 89.0 Å². The summed E-state index contributed by atoms with van der Waals surface area (Å²) < 4.78 is 12.1. The van der Waals surface area contributed by atoms with Crippen molar-refractivity contribution in [2.45, 2.75) is 32.6 Å². The van der Waals surface area contributed by atoms with Gasteiger partial charge < -0.3 is 14.6 Å². The Hall–Kier alpha value is -2.14. The smallest absolute Gasteiger partial charge is 0.131 e. The molecule has 35 heavy (non-hydrogen) atoms. The molecule has 1 radical (unpaired) electrons. The number of aryl methyl sites for hydroxylation is 1. The number of allylic oxidation sites excluding steroid dienone is 1. The number of piperidine rings is 1. The molecule has 0 amide bonds. The van der Waals surface area contributed by atoms with Gasteiger partial charge >= 0.3 is 0 Å². The first-order valence-electron chi connectivity index (χ1n) is 12.3. The van der Waals surface area contributed by atoms with E-state index in [0.29, 0.717) is 6.61 Å². The molecule has 0 aliphatic carbocycles. The van der Waals surface area contributed by atoms with Gasteiger partial charge in [-0.05, 0) is 80.2 Å². The molecule has 0 atom stereocenters. The van der Waals surface area contributed by atoms with E-state index in [1.165, 1.54) is 60.2 Å². The molecular formula is C30H33NO3Y. The second-order valence-electron chi connectivity index (χ2n) is 9.36. The minimum Gasteiger partial charge on any atom is -0.508 e. The van der Waals surface area contributed by atoms with Crippen LogP contribution in [0.15, 0.2) is 66.7 Å². The van der Waals surface area contributed by atoms with Crippen LogP contribution in [0.25, 0.3) is 11.1 Å². The maximum Gasteiger partial charge on any atom is 0.131 e. The SMILES string of the molecule is Cc1ccc(C2=C(Cc3ccc(OCCN4CCCCC4)cc3)c3ccc(O)cc3OC2)cc1.[Y]. The molecule has 2 aliphatic heterocycles. The number of hydrogen-bond donors (Lipinski definition) is 1. The van der Waals surface area contributed by atoms with E-state index in [0.717, 1.165) is 36.6 Å². The molecule has 0 unspecified atom stereocenters. The summed E-state index contributed by atoms with van der Waals surface area (Å²) in [6.07, 6.45) is 4.77. The van der Waals surface area contributed by atoms with Crippen molar-refractivity contribution in [2.75, 3.05) is 32.8 Å². The fraction of sp³-hybridized carbons (Fsp3) is 0.333. The zero-order chi connectivity index (χ0) is 23.3. The van der Waals surface area contributed by atoms with Crippen LogP contribution in [0.4, 0.5) is 0 Å². The zero-order valence-corrected chi connectivity index (χ0v) is 23.3. The zero-order valence-electron chi connectivity index (χ0n) is 20.5. The maximum atomic E-state index is 9.95. The predicted octanol–water partition coefficient (Wildman–Crippen LogP) is 6.11. The minimum atomic E-state index is 0. The van der Waals surface area contributed by atoms with E-state index in [1.807, 2.05) is 6.07 Å². The van der Waals surface area contributed by atoms with E-state index in [-0.39, 0.29) is 38.5 Å². The Morgan fingerprint density at radius 1 is 0.914 bits per heavy atom. The van der Waals surface area contributed by atoms with Crippen molar-refractivity contribution >= 4 is 11.1 Å². The van der Waals surface area contributed by atoms with Crippen molar-refractivity contribution in [3.8, 4) is 17.2 Å². The first-order chi connectivity index (χ1) is 16.7. The second-order valence-corrected chi connectivity index (χ2v) is 9.36. The molecule has 0 saturated carbocycles. The van der Waals surface area contributed by atoms with Gasteiger partial charge in [0.1, 0.15) is 30.5 Å². The third-order valence-electron chi connectivity index (χ3n) is 6.86. The Labute approximate surface area is 233 Å². The first kappa shape index (κ1) is 25.9. The van der Waals surface area contributed by atoms with Crippen LogP contribution in [0.5, 0.6) is 17.2 Å². The normalized spacial score (nSPS) is 15.7. The number of hydrogen-bond acceptors (Lipinski definition) is 4. The van der Waals surface area contributed by atoms with Crippen LogP contribution >= 0.6 is 0 Å². The number of rotatable bonds is 7. The summed E-state index contributed by atoms with van der Waals surface area (Å²) in [6.45, 7) is 6.72. The van der Waals surface area contributed by atoms with E-state index < -0.39 is 0 Å². The third-order valence-corrected chi connectivity index (χ3v) is 6.86. The summed E-state index contributed by atoms with van der Waals surface area (Å²) in [6, 6.07) is 22.5. The molecule has 1 N–H and O–H groups in total. The average Bonchev–Trinajstić information content (AvgIpc) is 2.86. The van der Waals surface area contributed by atoms with E-state index in [2.05, 4.69) is 60.4 Å². The molecule has 179 valence electrons. The van der Waals surface area contributed by atoms with Gasteiger partial charge in [-0.3, -0.25) is 4.90 Å². The van der Waals surface area contributed by atoms with Crippen LogP contribution in [0.2, 0.25) is 0 Å². The second kappa shape index (κ2) is 12.2. The van der Waals surface area contributed by atoms with Gasteiger partial charge in [0.15, 0.2) is 0 Å². The van der Waals surface area contributed by atoms with Gasteiger partial charge in [0, 0.05) is 56.5 Å². The van der Waals surface area contributed by atoms with E-state index >= 15 is 0 Å². The van der Waals surface area contributed by atoms with E-state index in [1.54, 1.807) is 12.1 Å². The molecule has 1 fully saturated rings. The first-order valence-corrected chi connectivity index (χ1v) is 12.3. The number of phenols is 1. The molecule has 0 aromatic heterocycles. The van der Waals surface area contributed by atoms with Gasteiger partial charge in [0.2, 0.25) is 0 Å². The quantitative estimate of drug-likeness (QED) is 0.390. The Bertz CT molecular complexity index is 1150. The fourth-order valence-corrected chi connectivity index (χ4v) is 4.88. The van der Waals surface area contributed by atoms with Crippen LogP contribution < -0.4 is 9.47 Å². The van der Waals surface area contributed by atoms with E-state index in [4.69, 9.17) is 9.47 Å². The Morgan fingerprint density at radius 2 is 1.66 bits per heavy atom. The fourth-order valence-electron chi connectivity index (χ4n) is 4.88. The number of aromatic hydroxyl groups is 1. The van der Waals surface area contributed by atoms with Crippen LogP contribution in [0.3, 0.4) is 0 Å². The topological polar surface area (TPSA) is 41.9 Å². The van der Waals surface area contributed by atoms with Crippen molar-refractivity contribution in [3.63, 3.8) is 0 Å². The summed E-state index contributed by atoms with van der Waals surface area (Å²) >= 11 is 0. The molecule has 0 bridgehead atoms. The number of nitrogens with zero attached hydrogens (tertiary/aromatic N) is 1. The van der Waals surface area contributed by atoms with Crippen LogP contribution in [-0.2, 0) is 39.1 Å². The molecule has 5 heteroatoms. The molecular weight excluding hydrogens is 511 g/mol. The summed E-state index contributed by atoms with van der Waals surface area (Å²) in [5.41, 5.74) is 7.12. The standard InChI is InChI=1S/C30H33NO3.Y/c1-22-5-9-24(10-6-22)29-21-34-30-20-25(32)11-14-27(30)28(29)19-23-7-12-26(13-8-23)33-18-17-31-15-3-2-4-16-31;/h5-14,20,32H,2-4,15-19,21H2,1H3;. The van der Waals surface area contributed by atoms with Crippen LogP contribution in [0, 0.1) is 6.92 Å². The Kier molecular flexibility index (Phi) is 9.05. The molecule has 0 spiro atoms. The number of fused-ring (bicyclic) bond motifs is 1. The van der Waals surface area contributed by atoms with Gasteiger partial charge in [-0.1, -0.05) is 48.4 Å². The summed E-state index contributed by atoms with van der Waals surface area (Å²) in [5.74, 6) is 1.89. The number of likely N-dealkylation sites (tertiary alicyclic amines) is 1.